The maximum atomic E-state index is 12.6. The molecule has 0 saturated carbocycles. The van der Waals surface area contributed by atoms with Crippen LogP contribution in [0.2, 0.25) is 0 Å². The first-order valence-corrected chi connectivity index (χ1v) is 10.9. The van der Waals surface area contributed by atoms with Crippen molar-refractivity contribution in [3.05, 3.63) is 39.2 Å². The molecule has 6 nitrogen and oxygen atoms in total. The number of hydrogen-bond acceptors (Lipinski definition) is 4. The number of fused-ring (bicyclic) bond motifs is 3. The number of hydrogen-bond donors (Lipinski definition) is 2. The minimum absolute atomic E-state index is 0.0530. The first kappa shape index (κ1) is 20.9. The van der Waals surface area contributed by atoms with E-state index >= 15 is 0 Å². The molecule has 6 heteroatoms. The molecule has 1 amide bonds. The summed E-state index contributed by atoms with van der Waals surface area (Å²) in [5.74, 6) is 0.458. The van der Waals surface area contributed by atoms with Gasteiger partial charge in [0.2, 0.25) is 0 Å². The van der Waals surface area contributed by atoms with E-state index < -0.39 is 0 Å². The van der Waals surface area contributed by atoms with E-state index in [1.807, 2.05) is 19.1 Å². The van der Waals surface area contributed by atoms with E-state index in [4.69, 9.17) is 9.15 Å². The average Bonchev–Trinajstić information content (AvgIpc) is 3.10. The molecule has 30 heavy (non-hydrogen) atoms. The second-order valence-corrected chi connectivity index (χ2v) is 10.3. The molecule has 2 aromatic rings. The predicted molar refractivity (Wildman–Crippen MR) is 116 cm³/mol. The molecule has 3 N–H and O–H groups in total. The Morgan fingerprint density at radius 1 is 1.17 bits per heavy atom. The summed E-state index contributed by atoms with van der Waals surface area (Å²) < 4.78 is 11.4. The van der Waals surface area contributed by atoms with Crippen molar-refractivity contribution in [3.63, 3.8) is 0 Å². The van der Waals surface area contributed by atoms with Gasteiger partial charge in [-0.15, -0.1) is 0 Å². The van der Waals surface area contributed by atoms with Crippen LogP contribution in [0, 0.1) is 6.92 Å². The molecule has 1 saturated heterocycles. The van der Waals surface area contributed by atoms with Crippen molar-refractivity contribution in [2.24, 2.45) is 0 Å². The van der Waals surface area contributed by atoms with E-state index in [2.05, 4.69) is 38.3 Å². The van der Waals surface area contributed by atoms with Gasteiger partial charge in [0.05, 0.1) is 11.1 Å². The van der Waals surface area contributed by atoms with Gasteiger partial charge in [-0.2, -0.15) is 0 Å². The number of rotatable bonds is 4. The fourth-order valence-corrected chi connectivity index (χ4v) is 5.65. The van der Waals surface area contributed by atoms with Crippen molar-refractivity contribution in [1.82, 2.24) is 5.32 Å². The zero-order chi connectivity index (χ0) is 21.7. The highest BCUT2D eigenvalue weighted by Gasteiger charge is 2.42. The number of nitrogens with two attached hydrogens (primary N) is 1. The third-order valence-corrected chi connectivity index (χ3v) is 6.39. The molecule has 0 radical (unpaired) electrons. The molecular weight excluding hydrogens is 380 g/mol. The van der Waals surface area contributed by atoms with Crippen LogP contribution in [-0.4, -0.2) is 29.6 Å². The highest BCUT2D eigenvalue weighted by molar-refractivity contribution is 5.86. The monoisotopic (exact) mass is 413 g/mol. The number of carbonyl (C=O) groups excluding carboxylic acids is 1. The number of quaternary nitrogens is 1. The second kappa shape index (κ2) is 7.41. The van der Waals surface area contributed by atoms with E-state index in [1.54, 1.807) is 0 Å². The molecule has 162 valence electrons. The van der Waals surface area contributed by atoms with Gasteiger partial charge in [0.25, 0.3) is 5.91 Å². The number of carbonyl (C=O) groups is 1. The summed E-state index contributed by atoms with van der Waals surface area (Å²) >= 11 is 0. The predicted octanol–water partition coefficient (Wildman–Crippen LogP) is 2.37. The van der Waals surface area contributed by atoms with Crippen LogP contribution >= 0.6 is 0 Å². The van der Waals surface area contributed by atoms with Crippen molar-refractivity contribution < 1.29 is 19.3 Å². The van der Waals surface area contributed by atoms with Crippen LogP contribution < -0.4 is 21.0 Å². The number of benzene rings is 1. The van der Waals surface area contributed by atoms with Crippen LogP contribution in [0.15, 0.2) is 21.3 Å². The van der Waals surface area contributed by atoms with Crippen LogP contribution in [0.1, 0.15) is 63.6 Å². The topological polar surface area (TPSA) is 85.1 Å². The van der Waals surface area contributed by atoms with Gasteiger partial charge in [0.1, 0.15) is 11.3 Å². The molecule has 2 aliphatic rings. The lowest BCUT2D eigenvalue weighted by Gasteiger charge is -2.43. The Hall–Kier alpha value is -2.34. The number of ether oxygens (including phenoxy) is 1. The Bertz CT molecular complexity index is 1040. The molecular formula is C24H33N2O4+. The molecule has 2 heterocycles. The zero-order valence-electron chi connectivity index (χ0n) is 18.7. The highest BCUT2D eigenvalue weighted by atomic mass is 16.5. The van der Waals surface area contributed by atoms with Gasteiger partial charge < -0.3 is 19.8 Å². The third-order valence-electron chi connectivity index (χ3n) is 6.39. The highest BCUT2D eigenvalue weighted by Crippen LogP contribution is 2.33. The van der Waals surface area contributed by atoms with Crippen LogP contribution in [-0.2, 0) is 17.6 Å². The van der Waals surface area contributed by atoms with Crippen molar-refractivity contribution >= 4 is 16.9 Å². The standard InChI is InChI=1S/C24H32N2O4/c1-14-19(10-9-17-16-7-6-8-18(16)22(28)30-21(14)17)29-13-20(27)25-15-11-23(2,3)26-24(4,5)12-15/h9-10,15,26H,6-8,11-13H2,1-5H3,(H,25,27)/p+1. The van der Waals surface area contributed by atoms with Gasteiger partial charge in [-0.3, -0.25) is 4.79 Å². The molecule has 1 aliphatic carbocycles. The zero-order valence-corrected chi connectivity index (χ0v) is 18.7. The quantitative estimate of drug-likeness (QED) is 0.754. The van der Waals surface area contributed by atoms with Crippen molar-refractivity contribution in [2.45, 2.75) is 83.8 Å². The summed E-state index contributed by atoms with van der Waals surface area (Å²) in [5, 5.41) is 6.52. The van der Waals surface area contributed by atoms with Crippen LogP contribution in [0.5, 0.6) is 5.75 Å². The van der Waals surface area contributed by atoms with E-state index in [9.17, 15) is 9.59 Å². The van der Waals surface area contributed by atoms with Gasteiger partial charge in [-0.1, -0.05) is 0 Å². The fraction of sp³-hybridized carbons (Fsp3) is 0.583. The van der Waals surface area contributed by atoms with Crippen LogP contribution in [0.25, 0.3) is 11.0 Å². The first-order valence-electron chi connectivity index (χ1n) is 10.9. The third kappa shape index (κ3) is 4.10. The lowest BCUT2D eigenvalue weighted by Crippen LogP contribution is -3.06. The second-order valence-electron chi connectivity index (χ2n) is 10.3. The summed E-state index contributed by atoms with van der Waals surface area (Å²) in [6.45, 7) is 10.7. The summed E-state index contributed by atoms with van der Waals surface area (Å²) in [4.78, 5) is 24.9. The molecule has 1 aromatic heterocycles. The first-order chi connectivity index (χ1) is 14.0. The fourth-order valence-electron chi connectivity index (χ4n) is 5.65. The van der Waals surface area contributed by atoms with Gasteiger partial charge in [0, 0.05) is 35.4 Å². The van der Waals surface area contributed by atoms with E-state index in [0.29, 0.717) is 11.3 Å². The van der Waals surface area contributed by atoms with Gasteiger partial charge >= 0.3 is 5.63 Å². The van der Waals surface area contributed by atoms with Gasteiger partial charge in [-0.25, -0.2) is 4.79 Å². The van der Waals surface area contributed by atoms with E-state index in [1.165, 1.54) is 0 Å². The van der Waals surface area contributed by atoms with Crippen molar-refractivity contribution in [1.29, 1.82) is 0 Å². The largest absolute Gasteiger partial charge is 0.483 e. The molecule has 4 rings (SSSR count). The summed E-state index contributed by atoms with van der Waals surface area (Å²) in [6, 6.07) is 3.96. The van der Waals surface area contributed by atoms with E-state index in [0.717, 1.165) is 54.2 Å². The maximum absolute atomic E-state index is 12.6. The lowest BCUT2D eigenvalue weighted by molar-refractivity contribution is -0.787. The maximum Gasteiger partial charge on any atom is 0.339 e. The molecule has 1 aromatic carbocycles. The van der Waals surface area contributed by atoms with Crippen LogP contribution in [0.3, 0.4) is 0 Å². The van der Waals surface area contributed by atoms with Gasteiger partial charge in [0.15, 0.2) is 6.61 Å². The summed E-state index contributed by atoms with van der Waals surface area (Å²) in [5.41, 5.74) is 3.19. The number of aryl methyl sites for hydroxylation is 2. The molecule has 0 bridgehead atoms. The Labute approximate surface area is 177 Å². The van der Waals surface area contributed by atoms with Crippen molar-refractivity contribution in [2.75, 3.05) is 6.61 Å². The number of piperidine rings is 1. The number of nitrogens with one attached hydrogen (secondary N) is 1. The van der Waals surface area contributed by atoms with Crippen LogP contribution in [0.4, 0.5) is 0 Å². The minimum atomic E-state index is -0.243. The Morgan fingerprint density at radius 2 is 1.83 bits per heavy atom. The summed E-state index contributed by atoms with van der Waals surface area (Å²) in [7, 11) is 0. The Kier molecular flexibility index (Phi) is 5.17. The average molecular weight is 414 g/mol. The molecule has 1 fully saturated rings. The normalized spacial score (nSPS) is 20.2. The molecule has 0 unspecified atom stereocenters. The van der Waals surface area contributed by atoms with Crippen molar-refractivity contribution in [3.8, 4) is 5.75 Å². The SMILES string of the molecule is Cc1c(OCC(=O)NC2CC(C)(C)[NH2+]C(C)(C)C2)ccc2c3c(c(=O)oc12)CCC3. The molecule has 0 atom stereocenters. The molecule has 0 spiro atoms. The molecule has 1 aliphatic heterocycles. The van der Waals surface area contributed by atoms with Gasteiger partial charge in [-0.05, 0) is 71.6 Å². The van der Waals surface area contributed by atoms with E-state index in [-0.39, 0.29) is 35.3 Å². The Morgan fingerprint density at radius 3 is 2.53 bits per heavy atom. The smallest absolute Gasteiger partial charge is 0.339 e. The summed E-state index contributed by atoms with van der Waals surface area (Å²) in [6.07, 6.45) is 4.53. The minimum Gasteiger partial charge on any atom is -0.483 e. The lowest BCUT2D eigenvalue weighted by atomic mass is 9.79. The Balaban J connectivity index is 1.46. The number of amides is 1.